The Labute approximate surface area is 145 Å². The molecule has 1 aromatic rings. The average molecular weight is 362 g/mol. The van der Waals surface area contributed by atoms with Crippen LogP contribution in [0, 0.1) is 5.92 Å². The topological polar surface area (TPSA) is 59.4 Å². The molecular weight excluding hydrogens is 337 g/mol. The van der Waals surface area contributed by atoms with Crippen LogP contribution in [0.1, 0.15) is 30.6 Å². The molecule has 2 rings (SSSR count). The van der Waals surface area contributed by atoms with Gasteiger partial charge in [-0.1, -0.05) is 13.8 Å². The fraction of sp³-hybridized carbons (Fsp3) is 0.750. The van der Waals surface area contributed by atoms with Gasteiger partial charge in [0.25, 0.3) is 5.91 Å². The molecule has 0 radical (unpaired) electrons. The summed E-state index contributed by atoms with van der Waals surface area (Å²) in [5.74, 6) is 0.0646. The second-order valence-electron chi connectivity index (χ2n) is 6.68. The summed E-state index contributed by atoms with van der Waals surface area (Å²) in [5, 5.41) is 6.42. The second kappa shape index (κ2) is 8.66. The molecule has 0 unspecified atom stereocenters. The van der Waals surface area contributed by atoms with Crippen molar-refractivity contribution in [3.8, 4) is 0 Å². The lowest BCUT2D eigenvalue weighted by Gasteiger charge is -2.35. The van der Waals surface area contributed by atoms with Crippen LogP contribution in [0.15, 0.2) is 12.4 Å². The van der Waals surface area contributed by atoms with E-state index in [1.54, 1.807) is 0 Å². The highest BCUT2D eigenvalue weighted by atomic mass is 19.4. The van der Waals surface area contributed by atoms with E-state index in [4.69, 9.17) is 4.74 Å². The van der Waals surface area contributed by atoms with E-state index in [2.05, 4.69) is 29.2 Å². The average Bonchev–Trinajstić information content (AvgIpc) is 2.98. The number of amides is 1. The second-order valence-corrected chi connectivity index (χ2v) is 6.68. The molecule has 9 heteroatoms. The number of nitrogens with zero attached hydrogens (tertiary/aromatic N) is 3. The number of aromatic nitrogens is 2. The van der Waals surface area contributed by atoms with Gasteiger partial charge >= 0.3 is 6.18 Å². The molecule has 0 bridgehead atoms. The van der Waals surface area contributed by atoms with E-state index in [1.165, 1.54) is 0 Å². The molecule has 0 saturated carbocycles. The van der Waals surface area contributed by atoms with Gasteiger partial charge in [0.15, 0.2) is 0 Å². The summed E-state index contributed by atoms with van der Waals surface area (Å²) in [4.78, 5) is 14.5. The molecule has 6 nitrogen and oxygen atoms in total. The number of carbonyl (C=O) groups is 1. The number of morpholine rings is 1. The number of hydrogen-bond donors (Lipinski definition) is 1. The minimum atomic E-state index is -4.36. The standard InChI is InChI=1S/C16H25F3N4O2/c1-12(2)7-14(22-3-5-25-6-4-22)9-20-15(24)13-8-21-23(10-13)11-16(17,18)19/h8,10,12,14H,3-7,9,11H2,1-2H3,(H,20,24)/t14-/m0/s1. The Bertz CT molecular complexity index is 554. The normalized spacial score (nSPS) is 17.7. The Morgan fingerprint density at radius 2 is 2.04 bits per heavy atom. The van der Waals surface area contributed by atoms with E-state index in [1.807, 2.05) is 0 Å². The minimum Gasteiger partial charge on any atom is -0.379 e. The number of rotatable bonds is 7. The van der Waals surface area contributed by atoms with E-state index >= 15 is 0 Å². The molecule has 25 heavy (non-hydrogen) atoms. The predicted octanol–water partition coefficient (Wildman–Crippen LogP) is 1.92. The molecule has 0 aliphatic carbocycles. The largest absolute Gasteiger partial charge is 0.408 e. The van der Waals surface area contributed by atoms with Crippen LogP contribution in [-0.4, -0.2) is 65.7 Å². The zero-order valence-corrected chi connectivity index (χ0v) is 14.6. The van der Waals surface area contributed by atoms with Crippen LogP contribution in [0.2, 0.25) is 0 Å². The maximum absolute atomic E-state index is 12.4. The predicted molar refractivity (Wildman–Crippen MR) is 86.3 cm³/mol. The number of alkyl halides is 3. The summed E-state index contributed by atoms with van der Waals surface area (Å²) >= 11 is 0. The monoisotopic (exact) mass is 362 g/mol. The van der Waals surface area contributed by atoms with Crippen molar-refractivity contribution in [1.29, 1.82) is 0 Å². The smallest absolute Gasteiger partial charge is 0.379 e. The van der Waals surface area contributed by atoms with Gasteiger partial charge < -0.3 is 10.1 Å². The van der Waals surface area contributed by atoms with Gasteiger partial charge in [-0.3, -0.25) is 14.4 Å². The first-order chi connectivity index (χ1) is 11.7. The van der Waals surface area contributed by atoms with Gasteiger partial charge in [0.05, 0.1) is 25.0 Å². The molecule has 1 N–H and O–H groups in total. The Kier molecular flexibility index (Phi) is 6.83. The van der Waals surface area contributed by atoms with Crippen LogP contribution in [0.5, 0.6) is 0 Å². The first-order valence-corrected chi connectivity index (χ1v) is 8.44. The summed E-state index contributed by atoms with van der Waals surface area (Å²) < 4.78 is 43.2. The number of ether oxygens (including phenoxy) is 1. The van der Waals surface area contributed by atoms with Crippen LogP contribution in [0.25, 0.3) is 0 Å². The number of hydrogen-bond acceptors (Lipinski definition) is 4. The molecule has 1 amide bonds. The van der Waals surface area contributed by atoms with E-state index in [0.717, 1.165) is 36.6 Å². The van der Waals surface area contributed by atoms with Gasteiger partial charge in [-0.15, -0.1) is 0 Å². The summed E-state index contributed by atoms with van der Waals surface area (Å²) in [6, 6.07) is 0.179. The van der Waals surface area contributed by atoms with Crippen molar-refractivity contribution in [3.63, 3.8) is 0 Å². The Morgan fingerprint density at radius 3 is 2.64 bits per heavy atom. The molecule has 0 spiro atoms. The maximum atomic E-state index is 12.4. The van der Waals surface area contributed by atoms with Gasteiger partial charge in [0, 0.05) is 31.9 Å². The quantitative estimate of drug-likeness (QED) is 0.805. The molecular formula is C16H25F3N4O2. The molecule has 2 heterocycles. The summed E-state index contributed by atoms with van der Waals surface area (Å²) in [6.45, 7) is 6.46. The fourth-order valence-electron chi connectivity index (χ4n) is 2.91. The van der Waals surface area contributed by atoms with Crippen LogP contribution >= 0.6 is 0 Å². The van der Waals surface area contributed by atoms with Crippen LogP contribution in [0.3, 0.4) is 0 Å². The number of carbonyl (C=O) groups excluding carboxylic acids is 1. The van der Waals surface area contributed by atoms with E-state index in [-0.39, 0.29) is 11.6 Å². The highest BCUT2D eigenvalue weighted by Crippen LogP contribution is 2.17. The highest BCUT2D eigenvalue weighted by Gasteiger charge is 2.29. The van der Waals surface area contributed by atoms with Crippen molar-refractivity contribution in [3.05, 3.63) is 18.0 Å². The van der Waals surface area contributed by atoms with Crippen LogP contribution in [-0.2, 0) is 11.3 Å². The van der Waals surface area contributed by atoms with Crippen molar-refractivity contribution >= 4 is 5.91 Å². The lowest BCUT2D eigenvalue weighted by atomic mass is 10.0. The molecule has 1 atom stereocenters. The van der Waals surface area contributed by atoms with Crippen molar-refractivity contribution in [2.45, 2.75) is 39.0 Å². The third-order valence-electron chi connectivity index (χ3n) is 4.04. The van der Waals surface area contributed by atoms with Gasteiger partial charge in [-0.05, 0) is 12.3 Å². The SMILES string of the molecule is CC(C)C[C@@H](CNC(=O)c1cnn(CC(F)(F)F)c1)N1CCOCC1. The molecule has 1 aliphatic heterocycles. The maximum Gasteiger partial charge on any atom is 0.408 e. The molecule has 1 aliphatic rings. The zero-order chi connectivity index (χ0) is 18.4. The number of nitrogens with one attached hydrogen (secondary N) is 1. The van der Waals surface area contributed by atoms with Gasteiger partial charge in [-0.25, -0.2) is 0 Å². The van der Waals surface area contributed by atoms with E-state index in [9.17, 15) is 18.0 Å². The third kappa shape index (κ3) is 6.66. The summed E-state index contributed by atoms with van der Waals surface area (Å²) in [7, 11) is 0. The van der Waals surface area contributed by atoms with Crippen molar-refractivity contribution < 1.29 is 22.7 Å². The van der Waals surface area contributed by atoms with Crippen LogP contribution in [0.4, 0.5) is 13.2 Å². The number of halogens is 3. The third-order valence-corrected chi connectivity index (χ3v) is 4.04. The lowest BCUT2D eigenvalue weighted by molar-refractivity contribution is -0.142. The summed E-state index contributed by atoms with van der Waals surface area (Å²) in [6.07, 6.45) is -1.16. The molecule has 0 aromatic carbocycles. The fourth-order valence-corrected chi connectivity index (χ4v) is 2.91. The van der Waals surface area contributed by atoms with Gasteiger partial charge in [-0.2, -0.15) is 18.3 Å². The molecule has 1 aromatic heterocycles. The van der Waals surface area contributed by atoms with Crippen molar-refractivity contribution in [2.24, 2.45) is 5.92 Å². The lowest BCUT2D eigenvalue weighted by Crippen LogP contribution is -2.49. The first-order valence-electron chi connectivity index (χ1n) is 8.44. The molecule has 1 fully saturated rings. The Balaban J connectivity index is 1.91. The minimum absolute atomic E-state index is 0.134. The van der Waals surface area contributed by atoms with Crippen LogP contribution < -0.4 is 5.32 Å². The molecule has 142 valence electrons. The summed E-state index contributed by atoms with van der Waals surface area (Å²) in [5.41, 5.74) is 0.134. The van der Waals surface area contributed by atoms with E-state index < -0.39 is 18.6 Å². The van der Waals surface area contributed by atoms with Crippen molar-refractivity contribution in [2.75, 3.05) is 32.8 Å². The Hall–Kier alpha value is -1.61. The molecule has 1 saturated heterocycles. The zero-order valence-electron chi connectivity index (χ0n) is 14.6. The van der Waals surface area contributed by atoms with Gasteiger partial charge in [0.1, 0.15) is 6.54 Å². The highest BCUT2D eigenvalue weighted by molar-refractivity contribution is 5.93. The van der Waals surface area contributed by atoms with Gasteiger partial charge in [0.2, 0.25) is 0 Å². The van der Waals surface area contributed by atoms with E-state index in [0.29, 0.717) is 25.7 Å². The Morgan fingerprint density at radius 1 is 1.36 bits per heavy atom. The first kappa shape index (κ1) is 19.7. The van der Waals surface area contributed by atoms with Crippen molar-refractivity contribution in [1.82, 2.24) is 20.0 Å².